The van der Waals surface area contributed by atoms with E-state index in [0.717, 1.165) is 22.4 Å². The van der Waals surface area contributed by atoms with Crippen LogP contribution in [0, 0.1) is 13.8 Å². The van der Waals surface area contributed by atoms with Crippen molar-refractivity contribution in [1.82, 2.24) is 10.2 Å². The number of rotatable bonds is 8. The summed E-state index contributed by atoms with van der Waals surface area (Å²) >= 11 is 0. The summed E-state index contributed by atoms with van der Waals surface area (Å²) in [7, 11) is 1.75. The summed E-state index contributed by atoms with van der Waals surface area (Å²) in [5.41, 5.74) is 3.13. The molecule has 0 saturated carbocycles. The van der Waals surface area contributed by atoms with Crippen molar-refractivity contribution in [1.29, 1.82) is 0 Å². The van der Waals surface area contributed by atoms with Gasteiger partial charge in [-0.05, 0) is 31.0 Å². The molecule has 27 heavy (non-hydrogen) atoms. The molecule has 0 bridgehead atoms. The third-order valence-electron chi connectivity index (χ3n) is 4.44. The van der Waals surface area contributed by atoms with Gasteiger partial charge in [0.25, 0.3) is 0 Å². The standard InChI is InChI=1S/C22H28N2O3/c1-16-9-11-19(12-10-16)20(23-18(3)25)15-22(26)24(4)13-14-27-21-8-6-5-7-17(21)2/h5-12,20H,13-15H2,1-4H3,(H,23,25). The minimum Gasteiger partial charge on any atom is -0.491 e. The van der Waals surface area contributed by atoms with Crippen LogP contribution in [0.1, 0.15) is 36.1 Å². The van der Waals surface area contributed by atoms with Crippen LogP contribution in [-0.2, 0) is 9.59 Å². The first-order valence-electron chi connectivity index (χ1n) is 9.13. The molecule has 0 spiro atoms. The van der Waals surface area contributed by atoms with E-state index in [1.54, 1.807) is 11.9 Å². The molecule has 5 nitrogen and oxygen atoms in total. The average Bonchev–Trinajstić information content (AvgIpc) is 2.63. The van der Waals surface area contributed by atoms with Crippen LogP contribution in [-0.4, -0.2) is 36.9 Å². The Kier molecular flexibility index (Phi) is 7.41. The van der Waals surface area contributed by atoms with E-state index in [1.165, 1.54) is 6.92 Å². The summed E-state index contributed by atoms with van der Waals surface area (Å²) in [6, 6.07) is 15.3. The lowest BCUT2D eigenvalue weighted by atomic mass is 10.0. The molecule has 0 fully saturated rings. The van der Waals surface area contributed by atoms with E-state index in [0.29, 0.717) is 13.2 Å². The quantitative estimate of drug-likeness (QED) is 0.777. The molecule has 144 valence electrons. The van der Waals surface area contributed by atoms with Crippen LogP contribution in [0.25, 0.3) is 0 Å². The minimum atomic E-state index is -0.338. The van der Waals surface area contributed by atoms with Gasteiger partial charge in [0.1, 0.15) is 12.4 Å². The fraction of sp³-hybridized carbons (Fsp3) is 0.364. The highest BCUT2D eigenvalue weighted by Crippen LogP contribution is 2.19. The Hall–Kier alpha value is -2.82. The number of ether oxygens (including phenoxy) is 1. The zero-order valence-corrected chi connectivity index (χ0v) is 16.5. The van der Waals surface area contributed by atoms with Crippen LogP contribution in [0.2, 0.25) is 0 Å². The Morgan fingerprint density at radius 2 is 1.74 bits per heavy atom. The van der Waals surface area contributed by atoms with Gasteiger partial charge < -0.3 is 15.0 Å². The maximum Gasteiger partial charge on any atom is 0.224 e. The van der Waals surface area contributed by atoms with Crippen LogP contribution in [0.5, 0.6) is 5.75 Å². The monoisotopic (exact) mass is 368 g/mol. The average molecular weight is 368 g/mol. The summed E-state index contributed by atoms with van der Waals surface area (Å²) in [6.07, 6.45) is 0.212. The van der Waals surface area contributed by atoms with Gasteiger partial charge in [0.05, 0.1) is 19.0 Å². The number of amides is 2. The molecule has 0 aromatic heterocycles. The zero-order valence-electron chi connectivity index (χ0n) is 16.5. The Labute approximate surface area is 161 Å². The van der Waals surface area contributed by atoms with Gasteiger partial charge >= 0.3 is 0 Å². The third-order valence-corrected chi connectivity index (χ3v) is 4.44. The molecule has 5 heteroatoms. The van der Waals surface area contributed by atoms with E-state index >= 15 is 0 Å². The molecule has 1 N–H and O–H groups in total. The highest BCUT2D eigenvalue weighted by molar-refractivity contribution is 5.79. The maximum absolute atomic E-state index is 12.6. The molecule has 0 aliphatic heterocycles. The van der Waals surface area contributed by atoms with Crippen LogP contribution < -0.4 is 10.1 Å². The minimum absolute atomic E-state index is 0.0392. The molecule has 1 unspecified atom stereocenters. The number of likely N-dealkylation sites (N-methyl/N-ethyl adjacent to an activating group) is 1. The molecule has 0 aliphatic carbocycles. The van der Waals surface area contributed by atoms with Gasteiger partial charge in [0.2, 0.25) is 11.8 Å². The van der Waals surface area contributed by atoms with Crippen molar-refractivity contribution in [2.24, 2.45) is 0 Å². The molecule has 2 aromatic carbocycles. The Morgan fingerprint density at radius 3 is 2.37 bits per heavy atom. The van der Waals surface area contributed by atoms with Gasteiger partial charge in [-0.2, -0.15) is 0 Å². The van der Waals surface area contributed by atoms with Crippen molar-refractivity contribution < 1.29 is 14.3 Å². The predicted octanol–water partition coefficient (Wildman–Crippen LogP) is 3.41. The topological polar surface area (TPSA) is 58.6 Å². The normalized spacial score (nSPS) is 11.6. The van der Waals surface area contributed by atoms with Crippen LogP contribution in [0.15, 0.2) is 48.5 Å². The third kappa shape index (κ3) is 6.44. The summed E-state index contributed by atoms with van der Waals surface area (Å²) in [6.45, 7) is 6.36. The SMILES string of the molecule is CC(=O)NC(CC(=O)N(C)CCOc1ccccc1C)c1ccc(C)cc1. The van der Waals surface area contributed by atoms with Gasteiger partial charge in [-0.25, -0.2) is 0 Å². The highest BCUT2D eigenvalue weighted by Gasteiger charge is 2.19. The van der Waals surface area contributed by atoms with E-state index in [2.05, 4.69) is 5.32 Å². The fourth-order valence-electron chi connectivity index (χ4n) is 2.76. The van der Waals surface area contributed by atoms with Crippen molar-refractivity contribution in [3.05, 3.63) is 65.2 Å². The van der Waals surface area contributed by atoms with E-state index < -0.39 is 0 Å². The molecule has 0 saturated heterocycles. The Balaban J connectivity index is 1.92. The van der Waals surface area contributed by atoms with Gasteiger partial charge in [-0.15, -0.1) is 0 Å². The van der Waals surface area contributed by atoms with E-state index in [1.807, 2.05) is 62.4 Å². The Morgan fingerprint density at radius 1 is 1.07 bits per heavy atom. The number of para-hydroxylation sites is 1. The molecule has 0 aliphatic rings. The highest BCUT2D eigenvalue weighted by atomic mass is 16.5. The Bertz CT molecular complexity index is 771. The van der Waals surface area contributed by atoms with Crippen molar-refractivity contribution >= 4 is 11.8 Å². The number of hydrogen-bond donors (Lipinski definition) is 1. The number of carbonyl (C=O) groups is 2. The summed E-state index contributed by atoms with van der Waals surface area (Å²) in [5, 5.41) is 2.87. The second-order valence-electron chi connectivity index (χ2n) is 6.80. The number of nitrogens with one attached hydrogen (secondary N) is 1. The predicted molar refractivity (Wildman–Crippen MR) is 107 cm³/mol. The second-order valence-corrected chi connectivity index (χ2v) is 6.80. The lowest BCUT2D eigenvalue weighted by Crippen LogP contribution is -2.35. The van der Waals surface area contributed by atoms with Gasteiger partial charge in [-0.3, -0.25) is 9.59 Å². The number of hydrogen-bond acceptors (Lipinski definition) is 3. The zero-order chi connectivity index (χ0) is 19.8. The van der Waals surface area contributed by atoms with Crippen LogP contribution in [0.4, 0.5) is 0 Å². The molecule has 2 amide bonds. The van der Waals surface area contributed by atoms with Crippen molar-refractivity contribution in [3.8, 4) is 5.75 Å². The smallest absolute Gasteiger partial charge is 0.224 e. The first-order valence-corrected chi connectivity index (χ1v) is 9.13. The van der Waals surface area contributed by atoms with Gasteiger partial charge in [0, 0.05) is 14.0 Å². The van der Waals surface area contributed by atoms with E-state index in [-0.39, 0.29) is 24.3 Å². The summed E-state index contributed by atoms with van der Waals surface area (Å²) in [5.74, 6) is 0.635. The molecule has 2 aromatic rings. The molecular formula is C22H28N2O3. The lowest BCUT2D eigenvalue weighted by molar-refractivity contribution is -0.131. The van der Waals surface area contributed by atoms with Crippen molar-refractivity contribution in [3.63, 3.8) is 0 Å². The molecule has 1 atom stereocenters. The lowest BCUT2D eigenvalue weighted by Gasteiger charge is -2.23. The fourth-order valence-corrected chi connectivity index (χ4v) is 2.76. The van der Waals surface area contributed by atoms with Crippen LogP contribution >= 0.6 is 0 Å². The first-order chi connectivity index (χ1) is 12.9. The van der Waals surface area contributed by atoms with Crippen LogP contribution in [0.3, 0.4) is 0 Å². The maximum atomic E-state index is 12.6. The molecule has 0 heterocycles. The van der Waals surface area contributed by atoms with E-state index in [4.69, 9.17) is 4.74 Å². The number of aryl methyl sites for hydroxylation is 2. The molecule has 0 radical (unpaired) electrons. The number of nitrogens with zero attached hydrogens (tertiary/aromatic N) is 1. The molecule has 2 rings (SSSR count). The van der Waals surface area contributed by atoms with Gasteiger partial charge in [-0.1, -0.05) is 48.0 Å². The summed E-state index contributed by atoms with van der Waals surface area (Å²) in [4.78, 5) is 25.8. The number of carbonyl (C=O) groups excluding carboxylic acids is 2. The largest absolute Gasteiger partial charge is 0.491 e. The first kappa shape index (κ1) is 20.5. The van der Waals surface area contributed by atoms with Gasteiger partial charge in [0.15, 0.2) is 0 Å². The number of benzene rings is 2. The second kappa shape index (κ2) is 9.76. The summed E-state index contributed by atoms with van der Waals surface area (Å²) < 4.78 is 5.76. The van der Waals surface area contributed by atoms with E-state index in [9.17, 15) is 9.59 Å². The van der Waals surface area contributed by atoms with Crippen molar-refractivity contribution in [2.45, 2.75) is 33.2 Å². The molecular weight excluding hydrogens is 340 g/mol. The van der Waals surface area contributed by atoms with Crippen molar-refractivity contribution in [2.75, 3.05) is 20.2 Å².